The molecule has 0 saturated heterocycles. The molecule has 0 aliphatic carbocycles. The van der Waals surface area contributed by atoms with Gasteiger partial charge < -0.3 is 24.4 Å². The smallest absolute Gasteiger partial charge is 0.163 e. The molecule has 3 rings (SSSR count). The minimum atomic E-state index is -0.131. The van der Waals surface area contributed by atoms with Crippen LogP contribution >= 0.6 is 0 Å². The van der Waals surface area contributed by atoms with Crippen LogP contribution in [0.2, 0.25) is 0 Å². The van der Waals surface area contributed by atoms with Crippen molar-refractivity contribution in [1.29, 1.82) is 0 Å². The number of ketones is 1. The van der Waals surface area contributed by atoms with E-state index in [1.807, 2.05) is 45.9 Å². The number of aromatic hydroxyl groups is 2. The van der Waals surface area contributed by atoms with Crippen LogP contribution in [0.4, 0.5) is 0 Å². The van der Waals surface area contributed by atoms with Crippen LogP contribution in [-0.2, 0) is 0 Å². The number of carbonyl (C=O) groups excluding carboxylic acids is 1. The third-order valence-corrected chi connectivity index (χ3v) is 7.53. The summed E-state index contributed by atoms with van der Waals surface area (Å²) < 4.78 is 18.0. The Morgan fingerprint density at radius 2 is 1.21 bits per heavy atom. The molecular formula is C41H50O6. The molecular weight excluding hydrogens is 588 g/mol. The molecule has 250 valence electrons. The number of phenols is 2. The first-order valence-corrected chi connectivity index (χ1v) is 16.2. The summed E-state index contributed by atoms with van der Waals surface area (Å²) in [5, 5.41) is 22.9. The van der Waals surface area contributed by atoms with Crippen LogP contribution in [0.1, 0.15) is 85.0 Å². The highest BCUT2D eigenvalue weighted by atomic mass is 16.5. The zero-order valence-corrected chi connectivity index (χ0v) is 29.2. The second-order valence-electron chi connectivity index (χ2n) is 12.4. The topological polar surface area (TPSA) is 85.2 Å². The normalized spacial score (nSPS) is 11.0. The predicted octanol–water partition coefficient (Wildman–Crippen LogP) is 10.8. The van der Waals surface area contributed by atoms with Crippen LogP contribution in [0.25, 0.3) is 22.3 Å². The van der Waals surface area contributed by atoms with Crippen molar-refractivity contribution in [3.63, 3.8) is 0 Å². The first kappa shape index (κ1) is 36.8. The zero-order valence-electron chi connectivity index (χ0n) is 29.2. The molecule has 47 heavy (non-hydrogen) atoms. The Morgan fingerprint density at radius 3 is 1.81 bits per heavy atom. The van der Waals surface area contributed by atoms with E-state index < -0.39 is 0 Å². The molecule has 0 unspecified atom stereocenters. The Labute approximate surface area is 280 Å². The van der Waals surface area contributed by atoms with Gasteiger partial charge in [0.05, 0.1) is 0 Å². The molecule has 2 N–H and O–H groups in total. The first-order valence-electron chi connectivity index (χ1n) is 16.2. The Balaban J connectivity index is 2.02. The van der Waals surface area contributed by atoms with E-state index in [-0.39, 0.29) is 23.7 Å². The summed E-state index contributed by atoms with van der Waals surface area (Å²) in [5.74, 6) is 1.27. The number of benzene rings is 3. The van der Waals surface area contributed by atoms with E-state index in [0.717, 1.165) is 24.0 Å². The second kappa shape index (κ2) is 17.8. The minimum absolute atomic E-state index is 0.0503. The molecule has 3 aromatic rings. The fourth-order valence-corrected chi connectivity index (χ4v) is 4.82. The monoisotopic (exact) mass is 638 g/mol. The van der Waals surface area contributed by atoms with E-state index in [1.54, 1.807) is 55.5 Å². The highest BCUT2D eigenvalue weighted by molar-refractivity contribution is 6.06. The van der Waals surface area contributed by atoms with Gasteiger partial charge in [-0.3, -0.25) is 4.79 Å². The number of carbonyl (C=O) groups is 1. The molecule has 0 aliphatic rings. The van der Waals surface area contributed by atoms with Gasteiger partial charge in [-0.1, -0.05) is 35.3 Å². The van der Waals surface area contributed by atoms with Crippen molar-refractivity contribution in [1.82, 2.24) is 0 Å². The molecule has 3 aromatic carbocycles. The highest BCUT2D eigenvalue weighted by Gasteiger charge is 2.24. The molecule has 0 aromatic heterocycles. The fraction of sp³-hybridized carbons (Fsp3) is 0.341. The number of phenolic OH excluding ortho intramolecular Hbond substituents is 2. The van der Waals surface area contributed by atoms with Crippen molar-refractivity contribution in [3.05, 3.63) is 101 Å². The van der Waals surface area contributed by atoms with Gasteiger partial charge in [0.2, 0.25) is 0 Å². The van der Waals surface area contributed by atoms with Crippen LogP contribution in [0, 0.1) is 0 Å². The summed E-state index contributed by atoms with van der Waals surface area (Å²) in [6.07, 6.45) is 10.4. The maximum atomic E-state index is 13.2. The van der Waals surface area contributed by atoms with Gasteiger partial charge in [0.15, 0.2) is 5.78 Å². The van der Waals surface area contributed by atoms with E-state index in [9.17, 15) is 15.0 Å². The van der Waals surface area contributed by atoms with Gasteiger partial charge in [-0.05, 0) is 116 Å². The van der Waals surface area contributed by atoms with Crippen molar-refractivity contribution in [2.45, 2.75) is 74.7 Å². The predicted molar refractivity (Wildman–Crippen MR) is 193 cm³/mol. The Morgan fingerprint density at radius 1 is 0.660 bits per heavy atom. The number of Topliss-reactive ketones (excluding diaryl/α,β-unsaturated/α-hetero) is 1. The summed E-state index contributed by atoms with van der Waals surface area (Å²) in [6, 6.07) is 13.8. The molecule has 0 bridgehead atoms. The maximum absolute atomic E-state index is 13.2. The molecule has 6 nitrogen and oxygen atoms in total. The average molecular weight is 639 g/mol. The van der Waals surface area contributed by atoms with Gasteiger partial charge >= 0.3 is 0 Å². The number of ether oxygens (including phenoxy) is 3. The number of allylic oxidation sites excluding steroid dienone is 5. The minimum Gasteiger partial charge on any atom is -0.507 e. The van der Waals surface area contributed by atoms with Crippen molar-refractivity contribution < 1.29 is 29.2 Å². The van der Waals surface area contributed by atoms with Crippen LogP contribution in [-0.4, -0.2) is 35.8 Å². The van der Waals surface area contributed by atoms with Crippen molar-refractivity contribution >= 4 is 5.78 Å². The van der Waals surface area contributed by atoms with Crippen LogP contribution in [0.3, 0.4) is 0 Å². The van der Waals surface area contributed by atoms with Crippen molar-refractivity contribution in [2.75, 3.05) is 19.8 Å². The Hall–Kier alpha value is -4.71. The number of hydrogen-bond acceptors (Lipinski definition) is 6. The summed E-state index contributed by atoms with van der Waals surface area (Å²) in [4.78, 5) is 13.2. The standard InChI is InChI=1S/C41H50O6/c1-9-37(42)35-18-17-34(33-15-13-31(25-38(33)43)46-24-21-30(8)12-10-11-27(2)3)41(44)40(35)36-16-14-32(45-22-19-28(4)5)26-39(36)47-23-20-29(6)7/h11,13-21,25-26,43-44H,9-10,12,22-24H2,1-8H3/b30-21+. The molecule has 0 aliphatic heterocycles. The lowest BCUT2D eigenvalue weighted by molar-refractivity contribution is 0.0988. The van der Waals surface area contributed by atoms with Gasteiger partial charge in [0, 0.05) is 46.4 Å². The fourth-order valence-electron chi connectivity index (χ4n) is 4.82. The summed E-state index contributed by atoms with van der Waals surface area (Å²) in [5.41, 5.74) is 6.83. The molecule has 0 heterocycles. The van der Waals surface area contributed by atoms with Gasteiger partial charge in [-0.15, -0.1) is 0 Å². The van der Waals surface area contributed by atoms with Gasteiger partial charge in [-0.2, -0.15) is 0 Å². The largest absolute Gasteiger partial charge is 0.507 e. The van der Waals surface area contributed by atoms with E-state index in [1.165, 1.54) is 11.1 Å². The van der Waals surface area contributed by atoms with Gasteiger partial charge in [0.25, 0.3) is 0 Å². The van der Waals surface area contributed by atoms with Crippen LogP contribution < -0.4 is 14.2 Å². The van der Waals surface area contributed by atoms with E-state index >= 15 is 0 Å². The maximum Gasteiger partial charge on any atom is 0.163 e. The Kier molecular flexibility index (Phi) is 14.0. The van der Waals surface area contributed by atoms with Crippen LogP contribution in [0.5, 0.6) is 28.7 Å². The quantitative estimate of drug-likeness (QED) is 0.120. The Bertz CT molecular complexity index is 1660. The van der Waals surface area contributed by atoms with Crippen LogP contribution in [0.15, 0.2) is 95.1 Å². The van der Waals surface area contributed by atoms with Gasteiger partial charge in [0.1, 0.15) is 48.6 Å². The molecule has 0 spiro atoms. The average Bonchev–Trinajstić information content (AvgIpc) is 3.01. The third kappa shape index (κ3) is 11.0. The lowest BCUT2D eigenvalue weighted by Crippen LogP contribution is -2.04. The number of hydrogen-bond donors (Lipinski definition) is 2. The molecule has 0 radical (unpaired) electrons. The molecule has 0 amide bonds. The molecule has 0 atom stereocenters. The van der Waals surface area contributed by atoms with E-state index in [4.69, 9.17) is 14.2 Å². The zero-order chi connectivity index (χ0) is 34.5. The molecule has 0 saturated carbocycles. The molecule has 6 heteroatoms. The lowest BCUT2D eigenvalue weighted by atomic mass is 9.90. The molecule has 0 fully saturated rings. The van der Waals surface area contributed by atoms with Crippen molar-refractivity contribution in [2.24, 2.45) is 0 Å². The second-order valence-corrected chi connectivity index (χ2v) is 12.4. The number of rotatable bonds is 16. The van der Waals surface area contributed by atoms with E-state index in [0.29, 0.717) is 64.9 Å². The summed E-state index contributed by atoms with van der Waals surface area (Å²) >= 11 is 0. The van der Waals surface area contributed by atoms with Crippen molar-refractivity contribution in [3.8, 4) is 51.0 Å². The lowest BCUT2D eigenvalue weighted by Gasteiger charge is -2.19. The van der Waals surface area contributed by atoms with Gasteiger partial charge in [-0.25, -0.2) is 0 Å². The summed E-state index contributed by atoms with van der Waals surface area (Å²) in [6.45, 7) is 17.1. The summed E-state index contributed by atoms with van der Waals surface area (Å²) in [7, 11) is 0. The van der Waals surface area contributed by atoms with E-state index in [2.05, 4.69) is 26.8 Å². The highest BCUT2D eigenvalue weighted by Crippen LogP contribution is 2.47. The third-order valence-electron chi connectivity index (χ3n) is 7.53. The first-order chi connectivity index (χ1) is 22.4. The SMILES string of the molecule is CCC(=O)c1ccc(-c2ccc(OC/C=C(\C)CCC=C(C)C)cc2O)c(O)c1-c1ccc(OCC=C(C)C)cc1OCC=C(C)C.